The van der Waals surface area contributed by atoms with E-state index in [1.54, 1.807) is 0 Å². The molecule has 0 fully saturated rings. The summed E-state index contributed by atoms with van der Waals surface area (Å²) < 4.78 is 2.45. The van der Waals surface area contributed by atoms with Crippen LogP contribution in [0.3, 0.4) is 0 Å². The molecule has 234 valence electrons. The summed E-state index contributed by atoms with van der Waals surface area (Å²) in [6, 6.07) is 70.3. The van der Waals surface area contributed by atoms with E-state index in [-0.39, 0.29) is 0 Å². The van der Waals surface area contributed by atoms with Crippen LogP contribution < -0.4 is 0 Å². The third-order valence-corrected chi connectivity index (χ3v) is 10.5. The Hall–Kier alpha value is -6.51. The van der Waals surface area contributed by atoms with Crippen molar-refractivity contribution in [1.82, 2.24) is 9.55 Å². The maximum Gasteiger partial charge on any atom is 0.0730 e. The van der Waals surface area contributed by atoms with Gasteiger partial charge in [0.25, 0.3) is 0 Å². The maximum atomic E-state index is 5.22. The SMILES string of the molecule is c1ccc(-c2cc(-n3c4ccccc4c4c5c(ccc43)-c3ccccc3C5(c3ccccc3)c3ccccc3)cc(-c3ccccc3)n2)cc1. The average molecular weight is 637 g/mol. The molecule has 0 bridgehead atoms. The highest BCUT2D eigenvalue weighted by Crippen LogP contribution is 2.59. The molecule has 10 rings (SSSR count). The molecular weight excluding hydrogens is 605 g/mol. The van der Waals surface area contributed by atoms with Crippen LogP contribution in [0.25, 0.3) is 61.1 Å². The molecule has 0 aliphatic heterocycles. The summed E-state index contributed by atoms with van der Waals surface area (Å²) >= 11 is 0. The topological polar surface area (TPSA) is 17.8 Å². The zero-order valence-corrected chi connectivity index (χ0v) is 27.4. The molecule has 0 unspecified atom stereocenters. The molecule has 2 aromatic heterocycles. The molecule has 0 saturated carbocycles. The molecule has 0 N–H and O–H groups in total. The minimum absolute atomic E-state index is 0.508. The highest BCUT2D eigenvalue weighted by molar-refractivity contribution is 6.15. The lowest BCUT2D eigenvalue weighted by Crippen LogP contribution is -2.28. The molecule has 0 atom stereocenters. The van der Waals surface area contributed by atoms with Crippen LogP contribution in [0.5, 0.6) is 0 Å². The minimum atomic E-state index is -0.508. The van der Waals surface area contributed by atoms with E-state index in [9.17, 15) is 0 Å². The summed E-state index contributed by atoms with van der Waals surface area (Å²) in [4.78, 5) is 5.22. The van der Waals surface area contributed by atoms with Crippen molar-refractivity contribution in [1.29, 1.82) is 0 Å². The van der Waals surface area contributed by atoms with Crippen molar-refractivity contribution in [3.8, 4) is 39.3 Å². The Labute approximate surface area is 291 Å². The lowest BCUT2D eigenvalue weighted by atomic mass is 9.67. The fraction of sp³-hybridized carbons (Fsp3) is 0.0208. The van der Waals surface area contributed by atoms with Crippen molar-refractivity contribution in [2.24, 2.45) is 0 Å². The van der Waals surface area contributed by atoms with E-state index in [2.05, 4.69) is 199 Å². The van der Waals surface area contributed by atoms with Crippen LogP contribution in [0.1, 0.15) is 22.3 Å². The second kappa shape index (κ2) is 11.3. The lowest BCUT2D eigenvalue weighted by molar-refractivity contribution is 0.776. The van der Waals surface area contributed by atoms with Gasteiger partial charge in [-0.05, 0) is 57.6 Å². The van der Waals surface area contributed by atoms with Gasteiger partial charge < -0.3 is 4.57 Å². The summed E-state index contributed by atoms with van der Waals surface area (Å²) in [6.07, 6.45) is 0. The number of rotatable bonds is 5. The van der Waals surface area contributed by atoms with Gasteiger partial charge in [0, 0.05) is 21.9 Å². The summed E-state index contributed by atoms with van der Waals surface area (Å²) in [5.74, 6) is 0. The third-order valence-electron chi connectivity index (χ3n) is 10.5. The van der Waals surface area contributed by atoms with E-state index in [1.165, 1.54) is 55.2 Å². The molecule has 2 heteroatoms. The summed E-state index contributed by atoms with van der Waals surface area (Å²) in [5, 5.41) is 2.52. The molecule has 2 heterocycles. The first-order valence-corrected chi connectivity index (χ1v) is 17.2. The highest BCUT2D eigenvalue weighted by atomic mass is 15.0. The standard InChI is InChI=1S/C48H32N2/c1-5-17-33(18-6-1)42-31-37(32-43(49-42)34-19-7-2-8-20-34)50-44-28-16-14-26-40(44)46-45(50)30-29-39-38-25-13-15-27-41(38)48(47(39)46,35-21-9-3-10-22-35)36-23-11-4-12-24-36/h1-32H. The van der Waals surface area contributed by atoms with Crippen LogP contribution in [0.2, 0.25) is 0 Å². The summed E-state index contributed by atoms with van der Waals surface area (Å²) in [6.45, 7) is 0. The molecule has 50 heavy (non-hydrogen) atoms. The van der Waals surface area contributed by atoms with Gasteiger partial charge in [-0.3, -0.25) is 0 Å². The zero-order valence-electron chi connectivity index (χ0n) is 27.4. The van der Waals surface area contributed by atoms with Gasteiger partial charge in [0.05, 0.1) is 33.5 Å². The van der Waals surface area contributed by atoms with Gasteiger partial charge in [0.15, 0.2) is 0 Å². The number of hydrogen-bond acceptors (Lipinski definition) is 1. The van der Waals surface area contributed by atoms with Gasteiger partial charge in [-0.1, -0.05) is 170 Å². The zero-order chi connectivity index (χ0) is 33.1. The maximum absolute atomic E-state index is 5.22. The molecule has 0 radical (unpaired) electrons. The fourth-order valence-electron chi connectivity index (χ4n) is 8.43. The molecule has 0 saturated heterocycles. The van der Waals surface area contributed by atoms with Crippen LogP contribution >= 0.6 is 0 Å². The van der Waals surface area contributed by atoms with E-state index in [1.807, 2.05) is 0 Å². The Morgan fingerprint density at radius 2 is 0.940 bits per heavy atom. The third kappa shape index (κ3) is 4.12. The number of hydrogen-bond donors (Lipinski definition) is 0. The van der Waals surface area contributed by atoms with Crippen LogP contribution in [0.4, 0.5) is 0 Å². The van der Waals surface area contributed by atoms with E-state index >= 15 is 0 Å². The van der Waals surface area contributed by atoms with E-state index in [0.29, 0.717) is 0 Å². The lowest BCUT2D eigenvalue weighted by Gasteiger charge is -2.34. The second-order valence-corrected chi connectivity index (χ2v) is 13.1. The number of benzene rings is 7. The number of fused-ring (bicyclic) bond motifs is 7. The fourth-order valence-corrected chi connectivity index (χ4v) is 8.43. The quantitative estimate of drug-likeness (QED) is 0.184. The largest absolute Gasteiger partial charge is 0.309 e. The van der Waals surface area contributed by atoms with E-state index < -0.39 is 5.41 Å². The van der Waals surface area contributed by atoms with Gasteiger partial charge >= 0.3 is 0 Å². The molecule has 7 aromatic carbocycles. The van der Waals surface area contributed by atoms with E-state index in [4.69, 9.17) is 4.98 Å². The Kier molecular flexibility index (Phi) is 6.43. The normalized spacial score (nSPS) is 13.0. The van der Waals surface area contributed by atoms with Crippen LogP contribution in [-0.2, 0) is 5.41 Å². The van der Waals surface area contributed by atoms with Gasteiger partial charge in [0.1, 0.15) is 0 Å². The smallest absolute Gasteiger partial charge is 0.0730 e. The van der Waals surface area contributed by atoms with Crippen molar-refractivity contribution < 1.29 is 0 Å². The molecule has 9 aromatic rings. The van der Waals surface area contributed by atoms with E-state index in [0.717, 1.165) is 28.2 Å². The van der Waals surface area contributed by atoms with Gasteiger partial charge in [0.2, 0.25) is 0 Å². The molecule has 1 aliphatic rings. The number of aromatic nitrogens is 2. The molecule has 1 aliphatic carbocycles. The minimum Gasteiger partial charge on any atom is -0.309 e. The van der Waals surface area contributed by atoms with Crippen LogP contribution in [0, 0.1) is 0 Å². The summed E-state index contributed by atoms with van der Waals surface area (Å²) in [5.41, 5.74) is 14.8. The first-order chi connectivity index (χ1) is 24.8. The first kappa shape index (κ1) is 28.5. The molecule has 2 nitrogen and oxygen atoms in total. The van der Waals surface area contributed by atoms with Crippen molar-refractivity contribution >= 4 is 21.8 Å². The number of nitrogens with zero attached hydrogens (tertiary/aromatic N) is 2. The van der Waals surface area contributed by atoms with Gasteiger partial charge in [-0.2, -0.15) is 0 Å². The van der Waals surface area contributed by atoms with Gasteiger partial charge in [-0.25, -0.2) is 4.98 Å². The number of pyridine rings is 1. The van der Waals surface area contributed by atoms with Crippen molar-refractivity contribution in [3.63, 3.8) is 0 Å². The first-order valence-electron chi connectivity index (χ1n) is 17.2. The average Bonchev–Trinajstić information content (AvgIpc) is 3.70. The summed E-state index contributed by atoms with van der Waals surface area (Å²) in [7, 11) is 0. The molecule has 0 spiro atoms. The Balaban J connectivity index is 1.36. The van der Waals surface area contributed by atoms with Crippen molar-refractivity contribution in [3.05, 3.63) is 216 Å². The monoisotopic (exact) mass is 636 g/mol. The van der Waals surface area contributed by atoms with Crippen LogP contribution in [-0.4, -0.2) is 9.55 Å². The van der Waals surface area contributed by atoms with Crippen LogP contribution in [0.15, 0.2) is 194 Å². The highest BCUT2D eigenvalue weighted by Gasteiger charge is 2.47. The Bertz CT molecular complexity index is 2580. The molecular formula is C48H32N2. The predicted octanol–water partition coefficient (Wildman–Crippen LogP) is 11.9. The predicted molar refractivity (Wildman–Crippen MR) is 207 cm³/mol. The van der Waals surface area contributed by atoms with Crippen molar-refractivity contribution in [2.75, 3.05) is 0 Å². The second-order valence-electron chi connectivity index (χ2n) is 13.1. The molecule has 0 amide bonds. The Morgan fingerprint density at radius 3 is 1.56 bits per heavy atom. The number of para-hydroxylation sites is 1. The Morgan fingerprint density at radius 1 is 0.420 bits per heavy atom. The van der Waals surface area contributed by atoms with Crippen molar-refractivity contribution in [2.45, 2.75) is 5.41 Å². The van der Waals surface area contributed by atoms with Gasteiger partial charge in [-0.15, -0.1) is 0 Å².